The van der Waals surface area contributed by atoms with E-state index in [-0.39, 0.29) is 18.1 Å². The lowest BCUT2D eigenvalue weighted by molar-refractivity contribution is 0.0867. The number of carbonyl (C=O) groups excluding carboxylic acids is 1. The fourth-order valence-electron chi connectivity index (χ4n) is 3.50. The van der Waals surface area contributed by atoms with Gasteiger partial charge in [0.2, 0.25) is 0 Å². The van der Waals surface area contributed by atoms with Gasteiger partial charge in [-0.2, -0.15) is 0 Å². The predicted octanol–water partition coefficient (Wildman–Crippen LogP) is 1.61. The van der Waals surface area contributed by atoms with Gasteiger partial charge < -0.3 is 20.2 Å². The molecule has 3 rings (SSSR count). The molecule has 1 aliphatic heterocycles. The largest absolute Gasteiger partial charge is 0.393 e. The first kappa shape index (κ1) is 17.2. The third-order valence-corrected chi connectivity index (χ3v) is 5.08. The van der Waals surface area contributed by atoms with E-state index in [1.165, 1.54) is 12.1 Å². The van der Waals surface area contributed by atoms with Crippen LogP contribution in [0.25, 0.3) is 0 Å². The van der Waals surface area contributed by atoms with Crippen molar-refractivity contribution in [1.82, 2.24) is 10.2 Å². The van der Waals surface area contributed by atoms with Crippen LogP contribution in [0.1, 0.15) is 36.0 Å². The van der Waals surface area contributed by atoms with Gasteiger partial charge >= 0.3 is 0 Å². The van der Waals surface area contributed by atoms with Crippen LogP contribution in [0.15, 0.2) is 18.2 Å². The van der Waals surface area contributed by atoms with Crippen LogP contribution < -0.4 is 10.2 Å². The fourth-order valence-corrected chi connectivity index (χ4v) is 3.50. The molecule has 6 heteroatoms. The lowest BCUT2D eigenvalue weighted by atomic mass is 9.93. The summed E-state index contributed by atoms with van der Waals surface area (Å²) in [4.78, 5) is 17.1. The van der Waals surface area contributed by atoms with E-state index in [0.29, 0.717) is 18.4 Å². The summed E-state index contributed by atoms with van der Waals surface area (Å²) in [6.07, 6.45) is 2.70. The molecular formula is C18H26FN3O2. The molecule has 2 N–H and O–H groups in total. The average molecular weight is 335 g/mol. The number of nitrogens with zero attached hydrogens (tertiary/aromatic N) is 2. The fraction of sp³-hybridized carbons (Fsp3) is 0.611. The second kappa shape index (κ2) is 7.49. The third-order valence-electron chi connectivity index (χ3n) is 5.08. The van der Waals surface area contributed by atoms with E-state index < -0.39 is 5.82 Å². The van der Waals surface area contributed by atoms with Crippen molar-refractivity contribution >= 4 is 11.6 Å². The molecule has 1 aliphatic carbocycles. The number of benzene rings is 1. The van der Waals surface area contributed by atoms with Gasteiger partial charge in [0.25, 0.3) is 5.91 Å². The topological polar surface area (TPSA) is 55.8 Å². The number of aliphatic hydroxyl groups is 1. The van der Waals surface area contributed by atoms with Gasteiger partial charge in [0.15, 0.2) is 0 Å². The standard InChI is InChI=1S/C18H26FN3O2/c1-21-8-10-22(11-9-21)17-7-2-13(19)12-16(17)18(24)20-14-3-5-15(23)6-4-14/h2,7,12,14-15,23H,3-6,8-11H2,1H3,(H,20,24). The minimum Gasteiger partial charge on any atom is -0.393 e. The molecule has 0 radical (unpaired) electrons. The molecule has 1 aromatic rings. The summed E-state index contributed by atoms with van der Waals surface area (Å²) in [5.41, 5.74) is 1.21. The summed E-state index contributed by atoms with van der Waals surface area (Å²) < 4.78 is 13.7. The number of carbonyl (C=O) groups is 1. The van der Waals surface area contributed by atoms with Gasteiger partial charge in [-0.3, -0.25) is 4.79 Å². The Hall–Kier alpha value is -1.66. The van der Waals surface area contributed by atoms with Crippen molar-refractivity contribution in [2.75, 3.05) is 38.1 Å². The van der Waals surface area contributed by atoms with Crippen LogP contribution in [0.2, 0.25) is 0 Å². The Kier molecular flexibility index (Phi) is 5.36. The van der Waals surface area contributed by atoms with Crippen LogP contribution in [0.4, 0.5) is 10.1 Å². The zero-order valence-electron chi connectivity index (χ0n) is 14.2. The first-order valence-electron chi connectivity index (χ1n) is 8.75. The number of likely N-dealkylation sites (N-methyl/N-ethyl adjacent to an activating group) is 1. The number of piperazine rings is 1. The first-order chi connectivity index (χ1) is 11.5. The molecule has 0 spiro atoms. The first-order valence-corrected chi connectivity index (χ1v) is 8.75. The van der Waals surface area contributed by atoms with E-state index in [1.54, 1.807) is 6.07 Å². The summed E-state index contributed by atoms with van der Waals surface area (Å²) >= 11 is 0. The smallest absolute Gasteiger partial charge is 0.253 e. The molecule has 0 atom stereocenters. The SMILES string of the molecule is CN1CCN(c2ccc(F)cc2C(=O)NC2CCC(O)CC2)CC1. The monoisotopic (exact) mass is 335 g/mol. The maximum absolute atomic E-state index is 13.7. The number of nitrogens with one attached hydrogen (secondary N) is 1. The zero-order chi connectivity index (χ0) is 17.1. The molecule has 1 amide bonds. The molecule has 2 fully saturated rings. The van der Waals surface area contributed by atoms with E-state index >= 15 is 0 Å². The average Bonchev–Trinajstić information content (AvgIpc) is 2.58. The summed E-state index contributed by atoms with van der Waals surface area (Å²) in [5.74, 6) is -0.609. The minimum atomic E-state index is -0.392. The van der Waals surface area contributed by atoms with Gasteiger partial charge in [-0.1, -0.05) is 0 Å². The van der Waals surface area contributed by atoms with Crippen molar-refractivity contribution in [1.29, 1.82) is 0 Å². The second-order valence-electron chi connectivity index (χ2n) is 6.93. The molecule has 24 heavy (non-hydrogen) atoms. The Labute approximate surface area is 142 Å². The second-order valence-corrected chi connectivity index (χ2v) is 6.93. The van der Waals surface area contributed by atoms with Crippen LogP contribution in [-0.2, 0) is 0 Å². The van der Waals surface area contributed by atoms with Crippen molar-refractivity contribution in [3.63, 3.8) is 0 Å². The molecule has 1 saturated heterocycles. The highest BCUT2D eigenvalue weighted by molar-refractivity contribution is 6.00. The Balaban J connectivity index is 1.73. The number of halogens is 1. The van der Waals surface area contributed by atoms with Crippen molar-refractivity contribution in [2.45, 2.75) is 37.8 Å². The highest BCUT2D eigenvalue weighted by Gasteiger charge is 2.24. The Morgan fingerprint density at radius 1 is 1.17 bits per heavy atom. The van der Waals surface area contributed by atoms with Gasteiger partial charge in [0.05, 0.1) is 11.7 Å². The molecule has 2 aliphatic rings. The Morgan fingerprint density at radius 3 is 2.50 bits per heavy atom. The molecule has 5 nitrogen and oxygen atoms in total. The minimum absolute atomic E-state index is 0.0597. The van der Waals surface area contributed by atoms with Crippen molar-refractivity contribution in [3.8, 4) is 0 Å². The van der Waals surface area contributed by atoms with Crippen molar-refractivity contribution < 1.29 is 14.3 Å². The zero-order valence-corrected chi connectivity index (χ0v) is 14.2. The number of hydrogen-bond donors (Lipinski definition) is 2. The summed E-state index contributed by atoms with van der Waals surface area (Å²) in [5, 5.41) is 12.6. The van der Waals surface area contributed by atoms with Gasteiger partial charge in [-0.25, -0.2) is 4.39 Å². The van der Waals surface area contributed by atoms with E-state index in [9.17, 15) is 14.3 Å². The van der Waals surface area contributed by atoms with Crippen LogP contribution >= 0.6 is 0 Å². The maximum atomic E-state index is 13.7. The van der Waals surface area contributed by atoms with Crippen LogP contribution in [0.3, 0.4) is 0 Å². The van der Waals surface area contributed by atoms with Gasteiger partial charge in [-0.05, 0) is 50.9 Å². The number of rotatable bonds is 3. The number of hydrogen-bond acceptors (Lipinski definition) is 4. The molecular weight excluding hydrogens is 309 g/mol. The van der Waals surface area contributed by atoms with E-state index in [2.05, 4.69) is 22.2 Å². The van der Waals surface area contributed by atoms with Crippen LogP contribution in [0.5, 0.6) is 0 Å². The van der Waals surface area contributed by atoms with Gasteiger partial charge in [-0.15, -0.1) is 0 Å². The normalized spacial score (nSPS) is 25.5. The van der Waals surface area contributed by atoms with E-state index in [0.717, 1.165) is 44.7 Å². The molecule has 132 valence electrons. The molecule has 1 saturated carbocycles. The molecule has 0 bridgehead atoms. The molecule has 0 aromatic heterocycles. The summed E-state index contributed by atoms with van der Waals surface area (Å²) in [6.45, 7) is 3.52. The lowest BCUT2D eigenvalue weighted by Gasteiger charge is -2.35. The Morgan fingerprint density at radius 2 is 1.83 bits per heavy atom. The number of anilines is 1. The highest BCUT2D eigenvalue weighted by atomic mass is 19.1. The molecule has 0 unspecified atom stereocenters. The van der Waals surface area contributed by atoms with Gasteiger partial charge in [0.1, 0.15) is 5.82 Å². The van der Waals surface area contributed by atoms with Crippen molar-refractivity contribution in [2.24, 2.45) is 0 Å². The number of aliphatic hydroxyl groups excluding tert-OH is 1. The third kappa shape index (κ3) is 4.05. The van der Waals surface area contributed by atoms with Gasteiger partial charge in [0, 0.05) is 37.9 Å². The predicted molar refractivity (Wildman–Crippen MR) is 91.8 cm³/mol. The lowest BCUT2D eigenvalue weighted by Crippen LogP contribution is -2.45. The quantitative estimate of drug-likeness (QED) is 0.881. The van der Waals surface area contributed by atoms with Crippen LogP contribution in [0, 0.1) is 5.82 Å². The molecule has 1 heterocycles. The van der Waals surface area contributed by atoms with E-state index in [4.69, 9.17) is 0 Å². The van der Waals surface area contributed by atoms with E-state index in [1.807, 2.05) is 0 Å². The molecule has 1 aromatic carbocycles. The Bertz CT molecular complexity index is 580. The summed E-state index contributed by atoms with van der Waals surface area (Å²) in [7, 11) is 2.08. The summed E-state index contributed by atoms with van der Waals surface area (Å²) in [6, 6.07) is 4.52. The highest BCUT2D eigenvalue weighted by Crippen LogP contribution is 2.24. The van der Waals surface area contributed by atoms with Crippen molar-refractivity contribution in [3.05, 3.63) is 29.6 Å². The van der Waals surface area contributed by atoms with Crippen LogP contribution in [-0.4, -0.2) is 61.3 Å². The maximum Gasteiger partial charge on any atom is 0.253 e. The number of amides is 1.